The molecule has 2 aromatic rings. The Morgan fingerprint density at radius 3 is 2.47 bits per heavy atom. The molecule has 1 aromatic carbocycles. The summed E-state index contributed by atoms with van der Waals surface area (Å²) in [6.07, 6.45) is 0. The monoisotopic (exact) mass is 248 g/mol. The number of anilines is 3. The van der Waals surface area contributed by atoms with Crippen molar-refractivity contribution in [1.82, 2.24) is 9.97 Å². The van der Waals surface area contributed by atoms with Gasteiger partial charge in [-0.25, -0.2) is 4.98 Å². The van der Waals surface area contributed by atoms with Crippen LogP contribution in [-0.2, 0) is 0 Å². The van der Waals surface area contributed by atoms with Gasteiger partial charge in [-0.3, -0.25) is 0 Å². The number of para-hydroxylation sites is 1. The van der Waals surface area contributed by atoms with Gasteiger partial charge in [0.05, 0.1) is 0 Å². The Labute approximate surface area is 105 Å². The highest BCUT2D eigenvalue weighted by Crippen LogP contribution is 2.19. The minimum atomic E-state index is 0.419. The van der Waals surface area contributed by atoms with Gasteiger partial charge in [-0.15, -0.1) is 0 Å². The molecule has 0 amide bonds. The molecule has 1 heterocycles. The number of aromatic nitrogens is 2. The van der Waals surface area contributed by atoms with E-state index in [1.807, 2.05) is 49.3 Å². The van der Waals surface area contributed by atoms with Crippen molar-refractivity contribution in [2.75, 3.05) is 24.3 Å². The average molecular weight is 249 g/mol. The quantitative estimate of drug-likeness (QED) is 0.848. The molecule has 0 unspecified atom stereocenters. The van der Waals surface area contributed by atoms with Gasteiger partial charge in [0.15, 0.2) is 0 Å². The van der Waals surface area contributed by atoms with Crippen LogP contribution in [0.15, 0.2) is 36.4 Å². The first-order chi connectivity index (χ1) is 8.15. The van der Waals surface area contributed by atoms with Gasteiger partial charge in [0.2, 0.25) is 5.95 Å². The maximum absolute atomic E-state index is 5.94. The number of nitrogens with zero attached hydrogens (tertiary/aromatic N) is 3. The maximum Gasteiger partial charge on any atom is 0.230 e. The highest BCUT2D eigenvalue weighted by molar-refractivity contribution is 6.29. The van der Waals surface area contributed by atoms with E-state index in [9.17, 15) is 0 Å². The Balaban J connectivity index is 2.27. The van der Waals surface area contributed by atoms with Crippen molar-refractivity contribution in [3.8, 4) is 0 Å². The van der Waals surface area contributed by atoms with Crippen molar-refractivity contribution >= 4 is 29.1 Å². The number of benzene rings is 1. The van der Waals surface area contributed by atoms with Gasteiger partial charge in [0.1, 0.15) is 11.0 Å². The summed E-state index contributed by atoms with van der Waals surface area (Å²) in [6.45, 7) is 0. The lowest BCUT2D eigenvalue weighted by molar-refractivity contribution is 1.04. The van der Waals surface area contributed by atoms with Crippen molar-refractivity contribution in [2.24, 2.45) is 0 Å². The van der Waals surface area contributed by atoms with E-state index in [2.05, 4.69) is 15.3 Å². The first kappa shape index (κ1) is 11.7. The molecule has 1 aromatic heterocycles. The van der Waals surface area contributed by atoms with Crippen LogP contribution in [0.25, 0.3) is 0 Å². The summed E-state index contributed by atoms with van der Waals surface area (Å²) in [5.41, 5.74) is 0.930. The highest BCUT2D eigenvalue weighted by Gasteiger charge is 2.04. The van der Waals surface area contributed by atoms with Crippen LogP contribution in [0.1, 0.15) is 0 Å². The van der Waals surface area contributed by atoms with E-state index in [1.165, 1.54) is 0 Å². The fourth-order valence-corrected chi connectivity index (χ4v) is 1.52. The summed E-state index contributed by atoms with van der Waals surface area (Å²) in [6, 6.07) is 11.5. The predicted molar refractivity (Wildman–Crippen MR) is 71.1 cm³/mol. The Morgan fingerprint density at radius 1 is 1.12 bits per heavy atom. The third kappa shape index (κ3) is 3.07. The minimum absolute atomic E-state index is 0.419. The van der Waals surface area contributed by atoms with Gasteiger partial charge in [-0.1, -0.05) is 29.8 Å². The molecule has 0 radical (unpaired) electrons. The Hall–Kier alpha value is -1.81. The molecule has 0 spiro atoms. The van der Waals surface area contributed by atoms with E-state index in [0.29, 0.717) is 11.1 Å². The molecule has 0 fully saturated rings. The SMILES string of the molecule is CN(C)c1cc(Cl)nc(Nc2ccccc2)n1. The lowest BCUT2D eigenvalue weighted by atomic mass is 10.3. The van der Waals surface area contributed by atoms with E-state index < -0.39 is 0 Å². The fraction of sp³-hybridized carbons (Fsp3) is 0.167. The molecule has 0 saturated carbocycles. The number of halogens is 1. The number of hydrogen-bond acceptors (Lipinski definition) is 4. The zero-order chi connectivity index (χ0) is 12.3. The molecule has 0 aliphatic rings. The first-order valence-electron chi connectivity index (χ1n) is 5.19. The second-order valence-electron chi connectivity index (χ2n) is 3.76. The van der Waals surface area contributed by atoms with Crippen LogP contribution < -0.4 is 10.2 Å². The summed E-state index contributed by atoms with van der Waals surface area (Å²) in [4.78, 5) is 10.4. The van der Waals surface area contributed by atoms with E-state index >= 15 is 0 Å². The molecule has 0 aliphatic heterocycles. The van der Waals surface area contributed by atoms with Crippen LogP contribution in [-0.4, -0.2) is 24.1 Å². The second kappa shape index (κ2) is 5.01. The molecule has 0 aliphatic carbocycles. The molecule has 5 heteroatoms. The van der Waals surface area contributed by atoms with Crippen LogP contribution in [0.4, 0.5) is 17.5 Å². The third-order valence-corrected chi connectivity index (χ3v) is 2.36. The standard InChI is InChI=1S/C12H13ClN4/c1-17(2)11-8-10(13)15-12(16-11)14-9-6-4-3-5-7-9/h3-8H,1-2H3,(H,14,15,16). The zero-order valence-electron chi connectivity index (χ0n) is 9.68. The van der Waals surface area contributed by atoms with Crippen molar-refractivity contribution in [3.05, 3.63) is 41.6 Å². The summed E-state index contributed by atoms with van der Waals surface area (Å²) in [5, 5.41) is 3.53. The molecule has 17 heavy (non-hydrogen) atoms. The molecule has 2 rings (SSSR count). The molecule has 1 N–H and O–H groups in total. The third-order valence-electron chi connectivity index (χ3n) is 2.17. The second-order valence-corrected chi connectivity index (χ2v) is 4.15. The van der Waals surface area contributed by atoms with E-state index in [-0.39, 0.29) is 0 Å². The van der Waals surface area contributed by atoms with Crippen LogP contribution in [0.2, 0.25) is 5.15 Å². The van der Waals surface area contributed by atoms with Crippen LogP contribution in [0, 0.1) is 0 Å². The lowest BCUT2D eigenvalue weighted by Gasteiger charge is -2.13. The zero-order valence-corrected chi connectivity index (χ0v) is 10.4. The van der Waals surface area contributed by atoms with Crippen LogP contribution in [0.3, 0.4) is 0 Å². The van der Waals surface area contributed by atoms with E-state index in [0.717, 1.165) is 11.5 Å². The summed E-state index contributed by atoms with van der Waals surface area (Å²) < 4.78 is 0. The van der Waals surface area contributed by atoms with Gasteiger partial charge in [-0.05, 0) is 12.1 Å². The molecule has 0 bridgehead atoms. The molecule has 0 atom stereocenters. The molecular formula is C12H13ClN4. The smallest absolute Gasteiger partial charge is 0.230 e. The van der Waals surface area contributed by atoms with E-state index in [4.69, 9.17) is 11.6 Å². The fourth-order valence-electron chi connectivity index (χ4n) is 1.34. The van der Waals surface area contributed by atoms with Gasteiger partial charge < -0.3 is 10.2 Å². The van der Waals surface area contributed by atoms with Gasteiger partial charge in [0.25, 0.3) is 0 Å². The number of rotatable bonds is 3. The summed E-state index contributed by atoms with van der Waals surface area (Å²) in [7, 11) is 3.82. The molecule has 88 valence electrons. The Kier molecular flexibility index (Phi) is 3.44. The van der Waals surface area contributed by atoms with E-state index in [1.54, 1.807) is 6.07 Å². The maximum atomic E-state index is 5.94. The molecule has 4 nitrogen and oxygen atoms in total. The normalized spacial score (nSPS) is 10.1. The predicted octanol–water partition coefficient (Wildman–Crippen LogP) is 2.94. The topological polar surface area (TPSA) is 41.1 Å². The first-order valence-corrected chi connectivity index (χ1v) is 5.57. The summed E-state index contributed by atoms with van der Waals surface area (Å²) >= 11 is 5.94. The highest BCUT2D eigenvalue weighted by atomic mass is 35.5. The Morgan fingerprint density at radius 2 is 1.82 bits per heavy atom. The lowest BCUT2D eigenvalue weighted by Crippen LogP contribution is -2.12. The van der Waals surface area contributed by atoms with Gasteiger partial charge in [0, 0.05) is 25.8 Å². The van der Waals surface area contributed by atoms with Crippen LogP contribution >= 0.6 is 11.6 Å². The minimum Gasteiger partial charge on any atom is -0.363 e. The van der Waals surface area contributed by atoms with Crippen LogP contribution in [0.5, 0.6) is 0 Å². The molecule has 0 saturated heterocycles. The summed E-state index contributed by atoms with van der Waals surface area (Å²) in [5.74, 6) is 1.26. The van der Waals surface area contributed by atoms with Crippen molar-refractivity contribution in [1.29, 1.82) is 0 Å². The Bertz CT molecular complexity index is 499. The van der Waals surface area contributed by atoms with Crippen molar-refractivity contribution in [3.63, 3.8) is 0 Å². The number of hydrogen-bond donors (Lipinski definition) is 1. The van der Waals surface area contributed by atoms with Crippen molar-refractivity contribution in [2.45, 2.75) is 0 Å². The average Bonchev–Trinajstić information content (AvgIpc) is 2.29. The van der Waals surface area contributed by atoms with Gasteiger partial charge in [-0.2, -0.15) is 4.98 Å². The van der Waals surface area contributed by atoms with Crippen molar-refractivity contribution < 1.29 is 0 Å². The largest absolute Gasteiger partial charge is 0.363 e. The molecular weight excluding hydrogens is 236 g/mol. The number of nitrogens with one attached hydrogen (secondary N) is 1. The van der Waals surface area contributed by atoms with Gasteiger partial charge >= 0.3 is 0 Å².